The Hall–Kier alpha value is -4.52. The Kier molecular flexibility index (Phi) is 8.16. The van der Waals surface area contributed by atoms with Crippen LogP contribution in [0.3, 0.4) is 0 Å². The predicted octanol–water partition coefficient (Wildman–Crippen LogP) is 7.12. The van der Waals surface area contributed by atoms with Gasteiger partial charge in [-0.3, -0.25) is 14.7 Å². The third-order valence-corrected chi connectivity index (χ3v) is 5.70. The number of anilines is 2. The van der Waals surface area contributed by atoms with Gasteiger partial charge in [0.1, 0.15) is 11.4 Å². The lowest BCUT2D eigenvalue weighted by Crippen LogP contribution is -2.38. The van der Waals surface area contributed by atoms with Crippen molar-refractivity contribution in [2.75, 3.05) is 16.8 Å². The fourth-order valence-corrected chi connectivity index (χ4v) is 3.90. The van der Waals surface area contributed by atoms with E-state index in [-0.39, 0.29) is 11.7 Å². The molecule has 1 N–H and O–H groups in total. The van der Waals surface area contributed by atoms with E-state index in [0.29, 0.717) is 35.5 Å². The summed E-state index contributed by atoms with van der Waals surface area (Å²) in [6, 6.07) is 25.9. The second kappa shape index (κ2) is 11.7. The van der Waals surface area contributed by atoms with Crippen LogP contribution in [0.4, 0.5) is 20.6 Å². The molecule has 0 saturated heterocycles. The molecule has 7 heteroatoms. The molecule has 4 rings (SSSR count). The number of aromatic nitrogens is 1. The summed E-state index contributed by atoms with van der Waals surface area (Å²) < 4.78 is 19.0. The molecule has 38 heavy (non-hydrogen) atoms. The maximum Gasteiger partial charge on any atom is 0.414 e. The van der Waals surface area contributed by atoms with Gasteiger partial charge in [-0.25, -0.2) is 9.18 Å². The Balaban J connectivity index is 1.52. The first-order valence-corrected chi connectivity index (χ1v) is 12.4. The van der Waals surface area contributed by atoms with Crippen molar-refractivity contribution < 1.29 is 18.7 Å². The molecule has 194 valence electrons. The molecule has 0 fully saturated rings. The summed E-state index contributed by atoms with van der Waals surface area (Å²) in [7, 11) is 0. The third-order valence-electron chi connectivity index (χ3n) is 5.70. The molecule has 4 aromatic rings. The summed E-state index contributed by atoms with van der Waals surface area (Å²) in [6.45, 7) is 5.85. The van der Waals surface area contributed by atoms with E-state index in [0.717, 1.165) is 11.3 Å². The van der Waals surface area contributed by atoms with Gasteiger partial charge in [-0.05, 0) is 86.5 Å². The van der Waals surface area contributed by atoms with Crippen LogP contribution < -0.4 is 10.2 Å². The highest BCUT2D eigenvalue weighted by Gasteiger charge is 2.23. The highest BCUT2D eigenvalue weighted by Crippen LogP contribution is 2.26. The first-order chi connectivity index (χ1) is 18.2. The molecule has 1 aromatic heterocycles. The summed E-state index contributed by atoms with van der Waals surface area (Å²) in [6.07, 6.45) is 1.82. The molecule has 0 atom stereocenters. The second-order valence-electron chi connectivity index (χ2n) is 9.76. The molecule has 0 radical (unpaired) electrons. The van der Waals surface area contributed by atoms with Crippen LogP contribution in [0.25, 0.3) is 11.1 Å². The molecule has 0 bridgehead atoms. The third kappa shape index (κ3) is 7.03. The van der Waals surface area contributed by atoms with Crippen molar-refractivity contribution in [1.29, 1.82) is 0 Å². The molecule has 0 aliphatic rings. The Morgan fingerprint density at radius 2 is 1.58 bits per heavy atom. The minimum absolute atomic E-state index is 0.295. The van der Waals surface area contributed by atoms with Crippen molar-refractivity contribution >= 4 is 23.4 Å². The normalized spacial score (nSPS) is 11.1. The van der Waals surface area contributed by atoms with Gasteiger partial charge in [0, 0.05) is 41.8 Å². The van der Waals surface area contributed by atoms with Crippen molar-refractivity contribution in [3.05, 3.63) is 114 Å². The fourth-order valence-electron chi connectivity index (χ4n) is 3.90. The van der Waals surface area contributed by atoms with Crippen LogP contribution in [-0.2, 0) is 11.2 Å². The van der Waals surface area contributed by atoms with E-state index in [1.807, 2.05) is 51.1 Å². The van der Waals surface area contributed by atoms with E-state index in [9.17, 15) is 14.0 Å². The van der Waals surface area contributed by atoms with Crippen LogP contribution >= 0.6 is 0 Å². The molecule has 2 amide bonds. The van der Waals surface area contributed by atoms with Gasteiger partial charge in [0.25, 0.3) is 5.91 Å². The number of hydrogen-bond acceptors (Lipinski definition) is 4. The molecule has 6 nitrogen and oxygen atoms in total. The monoisotopic (exact) mass is 511 g/mol. The number of amides is 2. The number of carbonyl (C=O) groups excluding carboxylic acids is 2. The van der Waals surface area contributed by atoms with Crippen molar-refractivity contribution in [1.82, 2.24) is 4.98 Å². The number of nitrogens with one attached hydrogen (secondary N) is 1. The van der Waals surface area contributed by atoms with Crippen molar-refractivity contribution in [3.63, 3.8) is 0 Å². The number of halogens is 1. The van der Waals surface area contributed by atoms with E-state index < -0.39 is 11.7 Å². The van der Waals surface area contributed by atoms with Gasteiger partial charge < -0.3 is 10.1 Å². The number of rotatable bonds is 7. The van der Waals surface area contributed by atoms with Crippen molar-refractivity contribution in [2.24, 2.45) is 0 Å². The van der Waals surface area contributed by atoms with Gasteiger partial charge in [0.2, 0.25) is 0 Å². The standard InChI is InChI=1S/C31H30FN3O3/c1-31(2,3)38-30(37)35(21-19-24-8-6-7-20-33-24)26-17-15-25(16-18-26)34-29(36)28-10-5-4-9-27(28)22-11-13-23(32)14-12-22/h4-18,20H,19,21H2,1-3H3,(H,34,36). The SMILES string of the molecule is CC(C)(C)OC(=O)N(CCc1ccccn1)c1ccc(NC(=O)c2ccccc2-c2ccc(F)cc2)cc1. The largest absolute Gasteiger partial charge is 0.443 e. The van der Waals surface area contributed by atoms with Gasteiger partial charge in [-0.2, -0.15) is 0 Å². The molecule has 0 unspecified atom stereocenters. The zero-order valence-corrected chi connectivity index (χ0v) is 21.6. The number of hydrogen-bond donors (Lipinski definition) is 1. The average Bonchev–Trinajstić information content (AvgIpc) is 2.90. The van der Waals surface area contributed by atoms with Gasteiger partial charge in [0.05, 0.1) is 0 Å². The van der Waals surface area contributed by atoms with E-state index in [1.165, 1.54) is 12.1 Å². The van der Waals surface area contributed by atoms with E-state index >= 15 is 0 Å². The Morgan fingerprint density at radius 1 is 0.895 bits per heavy atom. The number of pyridine rings is 1. The Morgan fingerprint density at radius 3 is 2.24 bits per heavy atom. The smallest absolute Gasteiger partial charge is 0.414 e. The summed E-state index contributed by atoms with van der Waals surface area (Å²) in [5.74, 6) is -0.631. The maximum atomic E-state index is 13.4. The first-order valence-electron chi connectivity index (χ1n) is 12.4. The summed E-state index contributed by atoms with van der Waals surface area (Å²) in [5, 5.41) is 2.91. The topological polar surface area (TPSA) is 71.5 Å². The zero-order chi connectivity index (χ0) is 27.1. The van der Waals surface area contributed by atoms with Crippen LogP contribution in [0.2, 0.25) is 0 Å². The second-order valence-corrected chi connectivity index (χ2v) is 9.76. The zero-order valence-electron chi connectivity index (χ0n) is 21.6. The molecular formula is C31H30FN3O3. The first kappa shape index (κ1) is 26.5. The van der Waals surface area contributed by atoms with Crippen molar-refractivity contribution in [3.8, 4) is 11.1 Å². The molecule has 0 saturated carbocycles. The minimum Gasteiger partial charge on any atom is -0.443 e. The molecule has 0 aliphatic heterocycles. The maximum absolute atomic E-state index is 13.4. The van der Waals surface area contributed by atoms with Gasteiger partial charge >= 0.3 is 6.09 Å². The van der Waals surface area contributed by atoms with Crippen LogP contribution in [0.15, 0.2) is 97.2 Å². The number of carbonyl (C=O) groups is 2. The lowest BCUT2D eigenvalue weighted by atomic mass is 9.99. The quantitative estimate of drug-likeness (QED) is 0.287. The lowest BCUT2D eigenvalue weighted by Gasteiger charge is -2.27. The number of ether oxygens (including phenoxy) is 1. The molecule has 1 heterocycles. The molecule has 3 aromatic carbocycles. The average molecular weight is 512 g/mol. The Bertz CT molecular complexity index is 1380. The van der Waals surface area contributed by atoms with Gasteiger partial charge in [-0.15, -0.1) is 0 Å². The highest BCUT2D eigenvalue weighted by atomic mass is 19.1. The summed E-state index contributed by atoms with van der Waals surface area (Å²) in [5.41, 5.74) is 3.34. The van der Waals surface area contributed by atoms with Crippen molar-refractivity contribution in [2.45, 2.75) is 32.8 Å². The molecular weight excluding hydrogens is 481 g/mol. The van der Waals surface area contributed by atoms with Gasteiger partial charge in [0.15, 0.2) is 0 Å². The van der Waals surface area contributed by atoms with Crippen LogP contribution in [0.5, 0.6) is 0 Å². The summed E-state index contributed by atoms with van der Waals surface area (Å²) >= 11 is 0. The van der Waals surface area contributed by atoms with Gasteiger partial charge in [-0.1, -0.05) is 36.4 Å². The Labute approximate surface area is 222 Å². The van der Waals surface area contributed by atoms with E-state index in [2.05, 4.69) is 10.3 Å². The molecule has 0 spiro atoms. The minimum atomic E-state index is -0.647. The number of benzene rings is 3. The lowest BCUT2D eigenvalue weighted by molar-refractivity contribution is 0.0580. The van der Waals surface area contributed by atoms with E-state index in [4.69, 9.17) is 4.74 Å². The van der Waals surface area contributed by atoms with Crippen LogP contribution in [0, 0.1) is 5.82 Å². The predicted molar refractivity (Wildman–Crippen MR) is 148 cm³/mol. The summed E-state index contributed by atoms with van der Waals surface area (Å²) in [4.78, 5) is 32.1. The molecule has 0 aliphatic carbocycles. The number of nitrogens with zero attached hydrogens (tertiary/aromatic N) is 2. The van der Waals surface area contributed by atoms with Crippen LogP contribution in [0.1, 0.15) is 36.8 Å². The highest BCUT2D eigenvalue weighted by molar-refractivity contribution is 6.08. The van der Waals surface area contributed by atoms with Crippen LogP contribution in [-0.4, -0.2) is 29.1 Å². The fraction of sp³-hybridized carbons (Fsp3) is 0.194. The van der Waals surface area contributed by atoms with E-state index in [1.54, 1.807) is 59.6 Å².